The standard InChI is InChI=1S/C23H25F3N2O4S.H2/c1-13(16-5-17(24)7-18(25)6-16)28-10-14(11-28)12-32-22-9-21(26)20(8-19(22)15-3-4-15)23(29)27-33(2,30)31;/h5-9,13-15H,3-4,10-12H2,1-2H3,(H,27,29);1H. The van der Waals surface area contributed by atoms with Crippen LogP contribution in [0.4, 0.5) is 13.2 Å². The van der Waals surface area contributed by atoms with E-state index in [1.165, 1.54) is 18.2 Å². The van der Waals surface area contributed by atoms with Crippen molar-refractivity contribution in [3.8, 4) is 5.75 Å². The van der Waals surface area contributed by atoms with Crippen LogP contribution in [0.25, 0.3) is 0 Å². The first kappa shape index (κ1) is 23.6. The van der Waals surface area contributed by atoms with Crippen LogP contribution in [0.1, 0.15) is 54.6 Å². The molecule has 0 bridgehead atoms. The summed E-state index contributed by atoms with van der Waals surface area (Å²) >= 11 is 0. The fraction of sp³-hybridized carbons (Fsp3) is 0.435. The molecule has 1 aliphatic carbocycles. The molecule has 2 fully saturated rings. The maximum atomic E-state index is 14.6. The lowest BCUT2D eigenvalue weighted by Crippen LogP contribution is -2.50. The number of rotatable bonds is 8. The highest BCUT2D eigenvalue weighted by Crippen LogP contribution is 2.45. The predicted octanol–water partition coefficient (Wildman–Crippen LogP) is 3.99. The molecule has 0 spiro atoms. The lowest BCUT2D eigenvalue weighted by Gasteiger charge is -2.43. The first-order chi connectivity index (χ1) is 15.5. The molecule has 2 aromatic carbocycles. The molecule has 1 saturated carbocycles. The van der Waals surface area contributed by atoms with Gasteiger partial charge in [-0.05, 0) is 55.0 Å². The van der Waals surface area contributed by atoms with Crippen molar-refractivity contribution in [1.29, 1.82) is 0 Å². The number of hydrogen-bond donors (Lipinski definition) is 1. The minimum Gasteiger partial charge on any atom is -0.493 e. The Hall–Kier alpha value is -2.59. The van der Waals surface area contributed by atoms with Gasteiger partial charge < -0.3 is 4.74 Å². The highest BCUT2D eigenvalue weighted by molar-refractivity contribution is 7.89. The SMILES string of the molecule is CC(c1cc(F)cc(F)c1)N1CC(COc2cc(F)c(C(=O)NS(C)(=O)=O)cc2C2CC2)C1.[HH]. The van der Waals surface area contributed by atoms with Gasteiger partial charge in [0, 0.05) is 38.6 Å². The third-order valence-corrected chi connectivity index (χ3v) is 6.57. The third kappa shape index (κ3) is 5.67. The van der Waals surface area contributed by atoms with E-state index in [9.17, 15) is 26.4 Å². The Morgan fingerprint density at radius 2 is 1.79 bits per heavy atom. The van der Waals surface area contributed by atoms with Crippen LogP contribution in [0.15, 0.2) is 30.3 Å². The van der Waals surface area contributed by atoms with E-state index in [2.05, 4.69) is 4.90 Å². The molecule has 0 radical (unpaired) electrons. The van der Waals surface area contributed by atoms with Crippen molar-refractivity contribution >= 4 is 15.9 Å². The van der Waals surface area contributed by atoms with E-state index in [-0.39, 0.29) is 24.9 Å². The Labute approximate surface area is 192 Å². The van der Waals surface area contributed by atoms with Crippen LogP contribution in [-0.4, -0.2) is 45.2 Å². The fourth-order valence-corrected chi connectivity index (χ4v) is 4.52. The van der Waals surface area contributed by atoms with Gasteiger partial charge in [0.05, 0.1) is 18.4 Å². The molecular weight excluding hydrogens is 457 g/mol. The summed E-state index contributed by atoms with van der Waals surface area (Å²) in [5.41, 5.74) is 0.920. The van der Waals surface area contributed by atoms with Crippen LogP contribution in [-0.2, 0) is 10.0 Å². The van der Waals surface area contributed by atoms with Crippen molar-refractivity contribution < 1.29 is 32.5 Å². The maximum Gasteiger partial charge on any atom is 0.267 e. The van der Waals surface area contributed by atoms with Crippen molar-refractivity contribution in [3.05, 3.63) is 64.5 Å². The van der Waals surface area contributed by atoms with Crippen LogP contribution in [0.2, 0.25) is 0 Å². The zero-order valence-corrected chi connectivity index (χ0v) is 19.1. The number of halogens is 3. The summed E-state index contributed by atoms with van der Waals surface area (Å²) in [4.78, 5) is 14.2. The number of likely N-dealkylation sites (tertiary alicyclic amines) is 1. The van der Waals surface area contributed by atoms with Gasteiger partial charge in [0.15, 0.2) is 0 Å². The van der Waals surface area contributed by atoms with Crippen molar-refractivity contribution in [2.75, 3.05) is 26.0 Å². The number of carbonyl (C=O) groups excluding carboxylic acids is 1. The number of nitrogens with zero attached hydrogens (tertiary/aromatic N) is 1. The molecule has 1 amide bonds. The van der Waals surface area contributed by atoms with E-state index in [4.69, 9.17) is 4.74 Å². The predicted molar refractivity (Wildman–Crippen MR) is 118 cm³/mol. The Bertz CT molecular complexity index is 1160. The van der Waals surface area contributed by atoms with Crippen LogP contribution in [0.5, 0.6) is 5.75 Å². The fourth-order valence-electron chi connectivity index (χ4n) is 4.07. The summed E-state index contributed by atoms with van der Waals surface area (Å²) in [6.07, 6.45) is 2.59. The van der Waals surface area contributed by atoms with Gasteiger partial charge in [0.25, 0.3) is 5.91 Å². The number of benzene rings is 2. The first-order valence-electron chi connectivity index (χ1n) is 10.7. The number of ether oxygens (including phenoxy) is 1. The summed E-state index contributed by atoms with van der Waals surface area (Å²) in [6, 6.07) is 5.84. The average Bonchev–Trinajstić information content (AvgIpc) is 3.49. The second-order valence-corrected chi connectivity index (χ2v) is 10.6. The van der Waals surface area contributed by atoms with Gasteiger partial charge in [0.1, 0.15) is 23.2 Å². The number of nitrogens with one attached hydrogen (secondary N) is 1. The lowest BCUT2D eigenvalue weighted by atomic mass is 9.95. The largest absolute Gasteiger partial charge is 0.493 e. The zero-order valence-electron chi connectivity index (χ0n) is 18.3. The highest BCUT2D eigenvalue weighted by atomic mass is 32.2. The molecular formula is C23H27F3N2O4S. The zero-order chi connectivity index (χ0) is 23.9. The molecule has 33 heavy (non-hydrogen) atoms. The molecule has 1 heterocycles. The van der Waals surface area contributed by atoms with Crippen LogP contribution < -0.4 is 9.46 Å². The number of sulfonamides is 1. The summed E-state index contributed by atoms with van der Waals surface area (Å²) < 4.78 is 71.9. The van der Waals surface area contributed by atoms with Gasteiger partial charge in [-0.2, -0.15) is 0 Å². The topological polar surface area (TPSA) is 75.7 Å². The molecule has 1 N–H and O–H groups in total. The van der Waals surface area contributed by atoms with E-state index in [0.29, 0.717) is 36.6 Å². The quantitative estimate of drug-likeness (QED) is 0.613. The maximum absolute atomic E-state index is 14.6. The van der Waals surface area contributed by atoms with Gasteiger partial charge in [-0.15, -0.1) is 0 Å². The highest BCUT2D eigenvalue weighted by Gasteiger charge is 2.33. The summed E-state index contributed by atoms with van der Waals surface area (Å²) in [5.74, 6) is -2.43. The van der Waals surface area contributed by atoms with Gasteiger partial charge in [0.2, 0.25) is 10.0 Å². The van der Waals surface area contributed by atoms with Crippen molar-refractivity contribution in [1.82, 2.24) is 9.62 Å². The normalized spacial score (nSPS) is 18.0. The van der Waals surface area contributed by atoms with Crippen LogP contribution in [0, 0.1) is 23.4 Å². The number of carbonyl (C=O) groups is 1. The van der Waals surface area contributed by atoms with Gasteiger partial charge in [-0.3, -0.25) is 9.69 Å². The Morgan fingerprint density at radius 1 is 1.15 bits per heavy atom. The second kappa shape index (κ2) is 8.98. The van der Waals surface area contributed by atoms with E-state index in [0.717, 1.165) is 31.2 Å². The summed E-state index contributed by atoms with van der Waals surface area (Å²) in [7, 11) is -3.81. The van der Waals surface area contributed by atoms with Crippen LogP contribution >= 0.6 is 0 Å². The second-order valence-electron chi connectivity index (χ2n) is 8.86. The number of amides is 1. The molecule has 10 heteroatoms. The smallest absolute Gasteiger partial charge is 0.267 e. The van der Waals surface area contributed by atoms with E-state index < -0.39 is 33.4 Å². The molecule has 2 aliphatic rings. The van der Waals surface area contributed by atoms with Crippen LogP contribution in [0.3, 0.4) is 0 Å². The molecule has 1 saturated heterocycles. The summed E-state index contributed by atoms with van der Waals surface area (Å²) in [5, 5.41) is 0. The monoisotopic (exact) mass is 484 g/mol. The third-order valence-electron chi connectivity index (χ3n) is 6.01. The Kier molecular flexibility index (Phi) is 6.41. The van der Waals surface area contributed by atoms with Crippen molar-refractivity contribution in [2.24, 2.45) is 5.92 Å². The van der Waals surface area contributed by atoms with E-state index in [1.54, 1.807) is 4.72 Å². The molecule has 2 aromatic rings. The van der Waals surface area contributed by atoms with Gasteiger partial charge >= 0.3 is 0 Å². The first-order valence-corrected chi connectivity index (χ1v) is 12.6. The molecule has 180 valence electrons. The lowest BCUT2D eigenvalue weighted by molar-refractivity contribution is 0.0305. The van der Waals surface area contributed by atoms with E-state index in [1.807, 2.05) is 6.92 Å². The number of hydrogen-bond acceptors (Lipinski definition) is 5. The molecule has 1 atom stereocenters. The molecule has 4 rings (SSSR count). The van der Waals surface area contributed by atoms with E-state index >= 15 is 0 Å². The molecule has 1 aliphatic heterocycles. The van der Waals surface area contributed by atoms with Crippen molar-refractivity contribution in [2.45, 2.75) is 31.7 Å². The Morgan fingerprint density at radius 3 is 2.36 bits per heavy atom. The molecule has 6 nitrogen and oxygen atoms in total. The van der Waals surface area contributed by atoms with Gasteiger partial charge in [-0.25, -0.2) is 26.3 Å². The Balaban J connectivity index is 0.00000324. The summed E-state index contributed by atoms with van der Waals surface area (Å²) in [6.45, 7) is 3.53. The molecule has 0 aromatic heterocycles. The minimum absolute atomic E-state index is 0. The molecule has 1 unspecified atom stereocenters. The minimum atomic E-state index is -3.81. The average molecular weight is 485 g/mol. The van der Waals surface area contributed by atoms with Crippen molar-refractivity contribution in [3.63, 3.8) is 0 Å². The van der Waals surface area contributed by atoms with Gasteiger partial charge in [-0.1, -0.05) is 0 Å².